The van der Waals surface area contributed by atoms with E-state index >= 15 is 0 Å². The minimum Gasteiger partial charge on any atom is -0.508 e. The highest BCUT2D eigenvalue weighted by molar-refractivity contribution is 5.95. The number of methoxy groups -OCH3 is 1. The van der Waals surface area contributed by atoms with Crippen molar-refractivity contribution in [1.29, 1.82) is 0 Å². The fraction of sp³-hybridized carbons (Fsp3) is 0.188. The molecule has 0 amide bonds. The number of benzene rings is 1. The van der Waals surface area contributed by atoms with Crippen LogP contribution in [0.5, 0.6) is 5.75 Å². The summed E-state index contributed by atoms with van der Waals surface area (Å²) in [4.78, 5) is 16.0. The Bertz CT molecular complexity index is 909. The van der Waals surface area contributed by atoms with Crippen LogP contribution < -0.4 is 5.32 Å². The summed E-state index contributed by atoms with van der Waals surface area (Å²) in [5.74, 6) is -0.546. The molecule has 0 spiro atoms. The minimum absolute atomic E-state index is 0.0166. The Morgan fingerprint density at radius 2 is 2.21 bits per heavy atom. The summed E-state index contributed by atoms with van der Waals surface area (Å²) in [7, 11) is 1.28. The van der Waals surface area contributed by atoms with Crippen molar-refractivity contribution in [3.05, 3.63) is 53.6 Å². The lowest BCUT2D eigenvalue weighted by Crippen LogP contribution is -2.10. The van der Waals surface area contributed by atoms with Gasteiger partial charge in [0.05, 0.1) is 19.3 Å². The molecular weight excluding hydrogens is 315 g/mol. The number of ether oxygens (including phenoxy) is 1. The van der Waals surface area contributed by atoms with E-state index in [0.717, 1.165) is 0 Å². The summed E-state index contributed by atoms with van der Waals surface area (Å²) in [5.41, 5.74) is 0.975. The molecule has 0 fully saturated rings. The number of hydrogen-bond donors (Lipinski definition) is 2. The van der Waals surface area contributed by atoms with Crippen LogP contribution in [0.4, 0.5) is 10.2 Å². The highest BCUT2D eigenvalue weighted by Crippen LogP contribution is 2.27. The molecule has 3 rings (SSSR count). The number of carbonyl (C=O) groups is 1. The number of anilines is 1. The number of fused-ring (bicyclic) bond motifs is 1. The Morgan fingerprint density at radius 3 is 2.96 bits per heavy atom. The second-order valence-electron chi connectivity index (χ2n) is 5.20. The first-order valence-electron chi connectivity index (χ1n) is 7.17. The highest BCUT2D eigenvalue weighted by Gasteiger charge is 2.16. The molecule has 2 N–H and O–H groups in total. The number of esters is 1. The predicted molar refractivity (Wildman–Crippen MR) is 84.4 cm³/mol. The lowest BCUT2D eigenvalue weighted by molar-refractivity contribution is 0.0602. The number of hydrogen-bond acceptors (Lipinski definition) is 6. The maximum atomic E-state index is 13.4. The average Bonchev–Trinajstić information content (AvgIpc) is 2.99. The van der Waals surface area contributed by atoms with Gasteiger partial charge in [-0.15, -0.1) is 0 Å². The summed E-state index contributed by atoms with van der Waals surface area (Å²) in [5, 5.41) is 17.0. The van der Waals surface area contributed by atoms with Crippen molar-refractivity contribution in [2.45, 2.75) is 13.0 Å². The molecule has 0 aliphatic carbocycles. The molecule has 7 nitrogen and oxygen atoms in total. The van der Waals surface area contributed by atoms with Gasteiger partial charge in [-0.1, -0.05) is 0 Å². The van der Waals surface area contributed by atoms with Crippen molar-refractivity contribution in [1.82, 2.24) is 14.6 Å². The number of aromatic nitrogens is 3. The molecule has 0 bridgehead atoms. The molecule has 0 saturated heterocycles. The molecule has 0 radical (unpaired) electrons. The van der Waals surface area contributed by atoms with E-state index in [2.05, 4.69) is 15.4 Å². The molecule has 1 atom stereocenters. The van der Waals surface area contributed by atoms with E-state index < -0.39 is 17.8 Å². The number of phenols is 1. The van der Waals surface area contributed by atoms with Crippen molar-refractivity contribution in [2.75, 3.05) is 12.4 Å². The van der Waals surface area contributed by atoms with Crippen molar-refractivity contribution in [3.8, 4) is 5.75 Å². The van der Waals surface area contributed by atoms with Crippen molar-refractivity contribution < 1.29 is 19.0 Å². The van der Waals surface area contributed by atoms with Crippen LogP contribution in [0.3, 0.4) is 0 Å². The quantitative estimate of drug-likeness (QED) is 0.715. The van der Waals surface area contributed by atoms with Gasteiger partial charge >= 0.3 is 5.97 Å². The molecule has 0 aliphatic rings. The molecule has 3 aromatic rings. The first-order valence-corrected chi connectivity index (χ1v) is 7.17. The third-order valence-electron chi connectivity index (χ3n) is 3.59. The van der Waals surface area contributed by atoms with E-state index in [1.54, 1.807) is 19.2 Å². The van der Waals surface area contributed by atoms with Gasteiger partial charge in [0.25, 0.3) is 0 Å². The predicted octanol–water partition coefficient (Wildman–Crippen LogP) is 2.53. The zero-order valence-electron chi connectivity index (χ0n) is 13.0. The number of phenolic OH excluding ortho intramolecular Hbond substituents is 1. The molecule has 1 aromatic carbocycles. The molecule has 24 heavy (non-hydrogen) atoms. The van der Waals surface area contributed by atoms with Gasteiger partial charge in [-0.3, -0.25) is 0 Å². The van der Waals surface area contributed by atoms with Crippen LogP contribution in [0, 0.1) is 5.82 Å². The Hall–Kier alpha value is -3.16. The van der Waals surface area contributed by atoms with Crippen molar-refractivity contribution in [3.63, 3.8) is 0 Å². The van der Waals surface area contributed by atoms with Crippen LogP contribution in [0.1, 0.15) is 28.9 Å². The SMILES string of the molecule is COC(=O)c1cnn2ccc(N[C@H](C)c3cc(F)ccc3O)nc12. The maximum Gasteiger partial charge on any atom is 0.343 e. The molecular formula is C16H15FN4O3. The summed E-state index contributed by atoms with van der Waals surface area (Å²) in [6.45, 7) is 1.76. The molecule has 0 unspecified atom stereocenters. The summed E-state index contributed by atoms with van der Waals surface area (Å²) in [6.07, 6.45) is 3.01. The van der Waals surface area contributed by atoms with E-state index in [-0.39, 0.29) is 11.3 Å². The fourth-order valence-corrected chi connectivity index (χ4v) is 2.37. The third kappa shape index (κ3) is 2.85. The van der Waals surface area contributed by atoms with Crippen molar-refractivity contribution in [2.24, 2.45) is 0 Å². The fourth-order valence-electron chi connectivity index (χ4n) is 2.37. The van der Waals surface area contributed by atoms with E-state index in [1.165, 1.54) is 36.0 Å². The normalized spacial score (nSPS) is 12.1. The Morgan fingerprint density at radius 1 is 1.42 bits per heavy atom. The monoisotopic (exact) mass is 330 g/mol. The van der Waals surface area contributed by atoms with E-state index in [4.69, 9.17) is 4.74 Å². The van der Waals surface area contributed by atoms with Gasteiger partial charge in [-0.2, -0.15) is 5.10 Å². The lowest BCUT2D eigenvalue weighted by atomic mass is 10.1. The van der Waals surface area contributed by atoms with Crippen LogP contribution in [0.15, 0.2) is 36.7 Å². The Kier molecular flexibility index (Phi) is 4.03. The number of nitrogens with one attached hydrogen (secondary N) is 1. The van der Waals surface area contributed by atoms with E-state index in [0.29, 0.717) is 17.0 Å². The van der Waals surface area contributed by atoms with Crippen LogP contribution in [0.2, 0.25) is 0 Å². The summed E-state index contributed by atoms with van der Waals surface area (Å²) in [6, 6.07) is 4.99. The number of carbonyl (C=O) groups excluding carboxylic acids is 1. The standard InChI is InChI=1S/C16H15FN4O3/c1-9(11-7-10(17)3-4-13(11)22)19-14-5-6-21-15(20-14)12(8-18-21)16(23)24-2/h3-9,22H,1-2H3,(H,19,20)/t9-/m1/s1. The highest BCUT2D eigenvalue weighted by atomic mass is 19.1. The van der Waals surface area contributed by atoms with Gasteiger partial charge in [-0.25, -0.2) is 18.7 Å². The van der Waals surface area contributed by atoms with Crippen LogP contribution in [-0.2, 0) is 4.74 Å². The molecule has 0 saturated carbocycles. The largest absolute Gasteiger partial charge is 0.508 e. The van der Waals surface area contributed by atoms with Crippen LogP contribution in [0.25, 0.3) is 5.65 Å². The van der Waals surface area contributed by atoms with Gasteiger partial charge in [0.1, 0.15) is 22.9 Å². The van der Waals surface area contributed by atoms with Gasteiger partial charge in [0.2, 0.25) is 0 Å². The lowest BCUT2D eigenvalue weighted by Gasteiger charge is -2.16. The van der Waals surface area contributed by atoms with Gasteiger partial charge in [0.15, 0.2) is 5.65 Å². The molecule has 124 valence electrons. The first-order chi connectivity index (χ1) is 11.5. The number of aromatic hydroxyl groups is 1. The molecule has 0 aliphatic heterocycles. The smallest absolute Gasteiger partial charge is 0.343 e. The van der Waals surface area contributed by atoms with E-state index in [9.17, 15) is 14.3 Å². The average molecular weight is 330 g/mol. The molecule has 8 heteroatoms. The van der Waals surface area contributed by atoms with Crippen LogP contribution >= 0.6 is 0 Å². The summed E-state index contributed by atoms with van der Waals surface area (Å²) < 4.78 is 19.5. The van der Waals surface area contributed by atoms with E-state index in [1.807, 2.05) is 0 Å². The zero-order valence-corrected chi connectivity index (χ0v) is 13.0. The van der Waals surface area contributed by atoms with Gasteiger partial charge < -0.3 is 15.2 Å². The van der Waals surface area contributed by atoms with Gasteiger partial charge in [0, 0.05) is 11.8 Å². The third-order valence-corrected chi connectivity index (χ3v) is 3.59. The second-order valence-corrected chi connectivity index (χ2v) is 5.20. The maximum absolute atomic E-state index is 13.4. The molecule has 2 aromatic heterocycles. The number of rotatable bonds is 4. The van der Waals surface area contributed by atoms with Crippen LogP contribution in [-0.4, -0.2) is 32.8 Å². The Balaban J connectivity index is 1.92. The number of nitrogens with zero attached hydrogens (tertiary/aromatic N) is 3. The Labute approximate surface area is 136 Å². The summed E-state index contributed by atoms with van der Waals surface area (Å²) >= 11 is 0. The number of halogens is 1. The molecule has 2 heterocycles. The topological polar surface area (TPSA) is 88.8 Å². The second kappa shape index (κ2) is 6.15. The van der Waals surface area contributed by atoms with Gasteiger partial charge in [-0.05, 0) is 31.2 Å². The minimum atomic E-state index is -0.537. The zero-order chi connectivity index (χ0) is 17.3. The first kappa shape index (κ1) is 15.7. The van der Waals surface area contributed by atoms with Crippen molar-refractivity contribution >= 4 is 17.4 Å².